The number of hydrogen-bond acceptors (Lipinski definition) is 6. The summed E-state index contributed by atoms with van der Waals surface area (Å²) in [5.41, 5.74) is 8.01. The van der Waals surface area contributed by atoms with Crippen molar-refractivity contribution in [3.05, 3.63) is 254 Å². The van der Waals surface area contributed by atoms with E-state index in [1.165, 1.54) is 193 Å². The Balaban J connectivity index is 0.000000145. The first-order valence-electron chi connectivity index (χ1n) is 37.7. The SMILES string of the molecule is CC[Si](CC)(CC)c1cc2c3sc4c(-c5ccccc5)cccc4c3cc3c([Si](CC)(CC)CC)cc4c5sc6c(-c7ccccc7)cccc6c5cc1c4c32.CCc1ccc2sc3c(cc4c(Oc5ccccc5)cc5c6sc7ccc(CC)cc7c6cc6c(Oc7ccccc7)cc3c4c65)c2c1. The average molecular weight is 1450 g/mol. The van der Waals surface area contributed by atoms with Crippen LogP contribution in [0.1, 0.15) is 66.5 Å². The van der Waals surface area contributed by atoms with Crippen molar-refractivity contribution in [2.45, 2.75) is 104 Å². The molecule has 0 unspecified atom stereocenters. The van der Waals surface area contributed by atoms with E-state index in [0.29, 0.717) is 0 Å². The van der Waals surface area contributed by atoms with E-state index in [0.717, 1.165) is 46.6 Å². The molecule has 2 nitrogen and oxygen atoms in total. The summed E-state index contributed by atoms with van der Waals surface area (Å²) in [5, 5.41) is 30.5. The van der Waals surface area contributed by atoms with E-state index < -0.39 is 16.1 Å². The molecule has 0 saturated carbocycles. The van der Waals surface area contributed by atoms with Gasteiger partial charge in [-0.2, -0.15) is 0 Å². The molecule has 0 aliphatic heterocycles. The van der Waals surface area contributed by atoms with Gasteiger partial charge in [-0.25, -0.2) is 0 Å². The first kappa shape index (κ1) is 65.3. The predicted octanol–water partition coefficient (Wildman–Crippen LogP) is 30.1. The van der Waals surface area contributed by atoms with E-state index in [9.17, 15) is 0 Å². The number of fused-ring (bicyclic) bond motifs is 16. The van der Waals surface area contributed by atoms with Gasteiger partial charge >= 0.3 is 0 Å². The Bertz CT molecular complexity index is 6330. The van der Waals surface area contributed by atoms with E-state index >= 15 is 0 Å². The number of rotatable bonds is 16. The maximum Gasteiger partial charge on any atom is 0.135 e. The molecule has 0 aliphatic rings. The predicted molar refractivity (Wildman–Crippen MR) is 468 cm³/mol. The van der Waals surface area contributed by atoms with Gasteiger partial charge < -0.3 is 9.47 Å². The Morgan fingerprint density at radius 3 is 0.962 bits per heavy atom. The number of aryl methyl sites for hydroxylation is 2. The highest BCUT2D eigenvalue weighted by atomic mass is 32.1. The van der Waals surface area contributed by atoms with Gasteiger partial charge in [0.05, 0.1) is 16.1 Å². The summed E-state index contributed by atoms with van der Waals surface area (Å²) in [5.74, 6) is 3.42. The van der Waals surface area contributed by atoms with Crippen LogP contribution in [-0.4, -0.2) is 16.1 Å². The second-order valence-electron chi connectivity index (χ2n) is 28.9. The highest BCUT2D eigenvalue weighted by Gasteiger charge is 2.37. The number of benzene rings is 16. The second-order valence-corrected chi connectivity index (χ2v) is 43.5. The van der Waals surface area contributed by atoms with Gasteiger partial charge in [0.1, 0.15) is 23.0 Å². The first-order chi connectivity index (χ1) is 51.1. The molecule has 4 heterocycles. The fourth-order valence-corrected chi connectivity index (χ4v) is 31.0. The van der Waals surface area contributed by atoms with E-state index in [1.807, 2.05) is 106 Å². The Morgan fingerprint density at radius 1 is 0.250 bits per heavy atom. The molecule has 20 aromatic rings. The molecule has 0 fully saturated rings. The van der Waals surface area contributed by atoms with Gasteiger partial charge in [-0.3, -0.25) is 0 Å². The summed E-state index contributed by atoms with van der Waals surface area (Å²) < 4.78 is 24.6. The van der Waals surface area contributed by atoms with Crippen molar-refractivity contribution in [1.29, 1.82) is 0 Å². The normalized spacial score (nSPS) is 12.5. The summed E-state index contributed by atoms with van der Waals surface area (Å²) in [6.07, 6.45) is 2.01. The molecule has 8 heteroatoms. The number of para-hydroxylation sites is 2. The third kappa shape index (κ3) is 9.99. The van der Waals surface area contributed by atoms with E-state index in [2.05, 4.69) is 237 Å². The third-order valence-electron chi connectivity index (χ3n) is 24.2. The van der Waals surface area contributed by atoms with Gasteiger partial charge in [0, 0.05) is 124 Å². The van der Waals surface area contributed by atoms with Gasteiger partial charge in [-0.05, 0) is 153 Å². The Kier molecular flexibility index (Phi) is 16.1. The molecule has 0 aliphatic carbocycles. The molecule has 0 atom stereocenters. The number of hydrogen-bond donors (Lipinski definition) is 0. The van der Waals surface area contributed by atoms with Crippen molar-refractivity contribution < 1.29 is 9.47 Å². The molecule has 16 aromatic carbocycles. The van der Waals surface area contributed by atoms with Crippen LogP contribution in [0.15, 0.2) is 243 Å². The summed E-state index contributed by atoms with van der Waals surface area (Å²) >= 11 is 7.84. The molecule has 0 saturated heterocycles. The largest absolute Gasteiger partial charge is 0.457 e. The van der Waals surface area contributed by atoms with E-state index in [-0.39, 0.29) is 0 Å². The zero-order valence-electron chi connectivity index (χ0n) is 60.2. The summed E-state index contributed by atoms with van der Waals surface area (Å²) in [4.78, 5) is 0. The van der Waals surface area contributed by atoms with Crippen molar-refractivity contribution in [3.8, 4) is 45.3 Å². The van der Waals surface area contributed by atoms with Crippen molar-refractivity contribution in [2.24, 2.45) is 0 Å². The molecular weight excluding hydrogens is 1370 g/mol. The molecule has 508 valence electrons. The van der Waals surface area contributed by atoms with Crippen LogP contribution in [0.3, 0.4) is 0 Å². The molecule has 104 heavy (non-hydrogen) atoms. The van der Waals surface area contributed by atoms with Crippen LogP contribution >= 0.6 is 45.3 Å². The zero-order chi connectivity index (χ0) is 70.3. The van der Waals surface area contributed by atoms with Gasteiger partial charge in [-0.1, -0.05) is 260 Å². The monoisotopic (exact) mass is 1450 g/mol. The smallest absolute Gasteiger partial charge is 0.135 e. The molecule has 4 aromatic heterocycles. The fourth-order valence-electron chi connectivity index (χ4n) is 18.2. The highest BCUT2D eigenvalue weighted by Crippen LogP contribution is 2.56. The van der Waals surface area contributed by atoms with Crippen molar-refractivity contribution in [3.63, 3.8) is 0 Å². The second kappa shape index (κ2) is 25.7. The van der Waals surface area contributed by atoms with Crippen LogP contribution in [0.4, 0.5) is 0 Å². The molecule has 0 N–H and O–H groups in total. The lowest BCUT2D eigenvalue weighted by Crippen LogP contribution is -2.47. The molecule has 0 bridgehead atoms. The minimum Gasteiger partial charge on any atom is -0.457 e. The lowest BCUT2D eigenvalue weighted by molar-refractivity contribution is 0.488. The van der Waals surface area contributed by atoms with E-state index in [1.54, 1.807) is 21.1 Å². The van der Waals surface area contributed by atoms with Crippen LogP contribution in [0.2, 0.25) is 36.3 Å². The van der Waals surface area contributed by atoms with Crippen molar-refractivity contribution in [2.75, 3.05) is 0 Å². The first-order valence-corrected chi connectivity index (χ1v) is 46.2. The maximum absolute atomic E-state index is 6.84. The van der Waals surface area contributed by atoms with Crippen molar-refractivity contribution >= 4 is 217 Å². The summed E-state index contributed by atoms with van der Waals surface area (Å²) in [6.45, 7) is 19.4. The van der Waals surface area contributed by atoms with Crippen LogP contribution in [0.25, 0.3) is 168 Å². The van der Waals surface area contributed by atoms with Crippen LogP contribution in [0.5, 0.6) is 23.0 Å². The number of ether oxygens (including phenoxy) is 2. The molecule has 0 spiro atoms. The maximum atomic E-state index is 6.84. The van der Waals surface area contributed by atoms with Gasteiger partial charge in [-0.15, -0.1) is 45.3 Å². The molecular formula is C96H80O2S4Si2. The quantitative estimate of drug-likeness (QED) is 0.0709. The summed E-state index contributed by atoms with van der Waals surface area (Å²) in [6, 6.07) is 98.3. The molecule has 0 radical (unpaired) electrons. The minimum absolute atomic E-state index is 0.834. The zero-order valence-corrected chi connectivity index (χ0v) is 65.5. The lowest BCUT2D eigenvalue weighted by Gasteiger charge is -2.34. The van der Waals surface area contributed by atoms with Crippen LogP contribution in [-0.2, 0) is 12.8 Å². The van der Waals surface area contributed by atoms with Crippen LogP contribution < -0.4 is 19.8 Å². The Morgan fingerprint density at radius 2 is 0.587 bits per heavy atom. The topological polar surface area (TPSA) is 18.5 Å². The Hall–Kier alpha value is -9.49. The van der Waals surface area contributed by atoms with Crippen molar-refractivity contribution in [1.82, 2.24) is 0 Å². The fraction of sp³-hybridized carbons (Fsp3) is 0.167. The molecule has 20 rings (SSSR count). The van der Waals surface area contributed by atoms with Gasteiger partial charge in [0.15, 0.2) is 0 Å². The van der Waals surface area contributed by atoms with Gasteiger partial charge in [0.25, 0.3) is 0 Å². The summed E-state index contributed by atoms with van der Waals surface area (Å²) in [7, 11) is -3.72. The minimum atomic E-state index is -1.86. The molecule has 0 amide bonds. The standard InChI is InChI=1S/C52H50S2Si2.C44H30O2S2/c1-7-55(8-2,9-3)45-31-43-48-42(30-40-38-28-20-26-36(50(38)53-51(40)43)34-23-17-14-18-24-34)46(56(10-4,11-5)12-6)32-44-47(48)41(45)29-39-37-27-19-25-35(49(37)54-52(39)44)33-21-15-13-16-22-33;1-3-25-15-17-39-29(19-25)31-21-33-37(45-27-11-7-5-8-12-27)24-36-42-34(22-32-30-20-26(4-2)16-18-40(30)48-44(32)36)38(46-28-13-9-6-10-14-28)23-35(41(33)42)43(31)47-39/h13-32H,7-12H2,1-6H3;5-24H,3-4H2,1-2H3. The van der Waals surface area contributed by atoms with E-state index in [4.69, 9.17) is 9.47 Å². The average Bonchev–Trinajstić information content (AvgIpc) is 1.33. The third-order valence-corrected chi connectivity index (χ3v) is 40.5. The lowest BCUT2D eigenvalue weighted by atomic mass is 9.90. The van der Waals surface area contributed by atoms with Crippen LogP contribution in [0, 0.1) is 0 Å². The highest BCUT2D eigenvalue weighted by molar-refractivity contribution is 7.28. The van der Waals surface area contributed by atoms with Gasteiger partial charge in [0.2, 0.25) is 0 Å². The number of thiophene rings is 4. The Labute approximate surface area is 625 Å².